The molecule has 0 atom stereocenters. The van der Waals surface area contributed by atoms with Gasteiger partial charge in [-0.25, -0.2) is 4.68 Å². The third kappa shape index (κ3) is 3.92. The zero-order chi connectivity index (χ0) is 20.2. The predicted molar refractivity (Wildman–Crippen MR) is 116 cm³/mol. The molecule has 0 aliphatic heterocycles. The first-order chi connectivity index (χ1) is 14.9. The number of hydrogen-bond acceptors (Lipinski definition) is 5. The predicted octanol–water partition coefficient (Wildman–Crippen LogP) is 5.06. The fourth-order valence-corrected chi connectivity index (χ4v) is 4.12. The summed E-state index contributed by atoms with van der Waals surface area (Å²) in [7, 11) is 0. The Morgan fingerprint density at radius 1 is 0.900 bits per heavy atom. The van der Waals surface area contributed by atoms with Crippen LogP contribution in [0, 0.1) is 0 Å². The van der Waals surface area contributed by atoms with Crippen molar-refractivity contribution in [3.05, 3.63) is 103 Å². The minimum Gasteiger partial charge on any atom is -0.467 e. The maximum Gasteiger partial charge on any atom is 0.191 e. The average molecular weight is 414 g/mol. The topological polar surface area (TPSA) is 61.7 Å². The third-order valence-electron chi connectivity index (χ3n) is 4.70. The number of para-hydroxylation sites is 1. The van der Waals surface area contributed by atoms with Crippen molar-refractivity contribution in [1.82, 2.24) is 24.5 Å². The molecule has 0 saturated heterocycles. The van der Waals surface area contributed by atoms with E-state index in [1.54, 1.807) is 24.4 Å². The van der Waals surface area contributed by atoms with Crippen LogP contribution in [-0.4, -0.2) is 24.5 Å². The second kappa shape index (κ2) is 8.42. The van der Waals surface area contributed by atoms with E-state index in [1.807, 2.05) is 57.8 Å². The average Bonchev–Trinajstić information content (AvgIpc) is 3.55. The molecule has 5 rings (SSSR count). The zero-order valence-electron chi connectivity index (χ0n) is 16.1. The van der Waals surface area contributed by atoms with Crippen LogP contribution in [0.2, 0.25) is 0 Å². The second-order valence-electron chi connectivity index (χ2n) is 6.76. The molecule has 30 heavy (non-hydrogen) atoms. The van der Waals surface area contributed by atoms with Gasteiger partial charge in [-0.3, -0.25) is 0 Å². The van der Waals surface area contributed by atoms with Crippen LogP contribution in [0.1, 0.15) is 11.3 Å². The van der Waals surface area contributed by atoms with Gasteiger partial charge in [-0.1, -0.05) is 60.3 Å². The van der Waals surface area contributed by atoms with Gasteiger partial charge >= 0.3 is 0 Å². The maximum absolute atomic E-state index is 5.45. The van der Waals surface area contributed by atoms with Crippen LogP contribution in [0.5, 0.6) is 0 Å². The molecule has 0 aliphatic carbocycles. The Morgan fingerprint density at radius 3 is 2.47 bits per heavy atom. The van der Waals surface area contributed by atoms with E-state index in [9.17, 15) is 0 Å². The van der Waals surface area contributed by atoms with Crippen molar-refractivity contribution in [2.45, 2.75) is 17.5 Å². The highest BCUT2D eigenvalue weighted by atomic mass is 32.2. The molecule has 0 spiro atoms. The van der Waals surface area contributed by atoms with Crippen molar-refractivity contribution in [2.75, 3.05) is 0 Å². The van der Waals surface area contributed by atoms with Crippen molar-refractivity contribution < 1.29 is 4.42 Å². The van der Waals surface area contributed by atoms with Crippen LogP contribution in [-0.2, 0) is 12.3 Å². The molecule has 148 valence electrons. The quantitative estimate of drug-likeness (QED) is 0.349. The zero-order valence-corrected chi connectivity index (χ0v) is 16.9. The van der Waals surface area contributed by atoms with Crippen LogP contribution < -0.4 is 0 Å². The molecule has 7 heteroatoms. The fourth-order valence-electron chi connectivity index (χ4n) is 3.24. The summed E-state index contributed by atoms with van der Waals surface area (Å²) in [6.45, 7) is 0.608. The molecular weight excluding hydrogens is 394 g/mol. The Morgan fingerprint density at radius 2 is 1.70 bits per heavy atom. The number of hydrogen-bond donors (Lipinski definition) is 0. The van der Waals surface area contributed by atoms with E-state index in [1.165, 1.54) is 0 Å². The summed E-state index contributed by atoms with van der Waals surface area (Å²) in [5.41, 5.74) is 4.25. The monoisotopic (exact) mass is 413 g/mol. The van der Waals surface area contributed by atoms with Gasteiger partial charge < -0.3 is 8.98 Å². The van der Waals surface area contributed by atoms with Crippen molar-refractivity contribution in [2.24, 2.45) is 0 Å². The molecule has 3 aromatic heterocycles. The van der Waals surface area contributed by atoms with Crippen molar-refractivity contribution in [1.29, 1.82) is 0 Å². The van der Waals surface area contributed by atoms with E-state index in [2.05, 4.69) is 40.7 Å². The Balaban J connectivity index is 1.43. The highest BCUT2D eigenvalue weighted by Crippen LogP contribution is 2.29. The molecule has 5 aromatic rings. The first-order valence-electron chi connectivity index (χ1n) is 9.59. The van der Waals surface area contributed by atoms with Crippen molar-refractivity contribution in [3.8, 4) is 16.9 Å². The third-order valence-corrected chi connectivity index (χ3v) is 5.73. The minimum absolute atomic E-state index is 0.608. The minimum atomic E-state index is 0.608. The summed E-state index contributed by atoms with van der Waals surface area (Å²) in [6, 6.07) is 24.3. The van der Waals surface area contributed by atoms with E-state index < -0.39 is 0 Å². The van der Waals surface area contributed by atoms with Gasteiger partial charge in [0.05, 0.1) is 24.2 Å². The van der Waals surface area contributed by atoms with Crippen molar-refractivity contribution in [3.63, 3.8) is 0 Å². The SMILES string of the molecule is c1ccc(-c2nn(-c3ccccc3)cc2CSc2nncn2Cc2ccco2)cc1. The summed E-state index contributed by atoms with van der Waals surface area (Å²) in [5, 5.41) is 14.1. The highest BCUT2D eigenvalue weighted by molar-refractivity contribution is 7.98. The molecule has 2 aromatic carbocycles. The van der Waals surface area contributed by atoms with Crippen LogP contribution in [0.3, 0.4) is 0 Å². The van der Waals surface area contributed by atoms with Gasteiger partial charge in [0.25, 0.3) is 0 Å². The number of benzene rings is 2. The lowest BCUT2D eigenvalue weighted by molar-refractivity contribution is 0.484. The number of aromatic nitrogens is 5. The van der Waals surface area contributed by atoms with E-state index >= 15 is 0 Å². The van der Waals surface area contributed by atoms with Crippen LogP contribution in [0.4, 0.5) is 0 Å². The van der Waals surface area contributed by atoms with Gasteiger partial charge in [-0.05, 0) is 24.3 Å². The number of thioether (sulfide) groups is 1. The molecule has 0 N–H and O–H groups in total. The smallest absolute Gasteiger partial charge is 0.191 e. The number of furan rings is 1. The van der Waals surface area contributed by atoms with E-state index in [0.29, 0.717) is 6.54 Å². The van der Waals surface area contributed by atoms with Crippen LogP contribution >= 0.6 is 11.8 Å². The molecule has 0 radical (unpaired) electrons. The molecule has 0 fully saturated rings. The summed E-state index contributed by atoms with van der Waals surface area (Å²) < 4.78 is 9.38. The van der Waals surface area contributed by atoms with Crippen LogP contribution in [0.25, 0.3) is 16.9 Å². The van der Waals surface area contributed by atoms with Gasteiger partial charge in [0.1, 0.15) is 12.1 Å². The normalized spacial score (nSPS) is 11.1. The van der Waals surface area contributed by atoms with Gasteiger partial charge in [0.2, 0.25) is 0 Å². The van der Waals surface area contributed by atoms with Gasteiger partial charge in [-0.2, -0.15) is 5.10 Å². The number of nitrogens with zero attached hydrogens (tertiary/aromatic N) is 5. The van der Waals surface area contributed by atoms with Crippen molar-refractivity contribution >= 4 is 11.8 Å². The number of rotatable bonds is 7. The summed E-state index contributed by atoms with van der Waals surface area (Å²) in [5.74, 6) is 1.60. The molecule has 0 amide bonds. The first-order valence-corrected chi connectivity index (χ1v) is 10.6. The first kappa shape index (κ1) is 18.4. The molecule has 0 unspecified atom stereocenters. The Hall–Kier alpha value is -3.58. The van der Waals surface area contributed by atoms with Crippen LogP contribution in [0.15, 0.2) is 101 Å². The Labute approximate surface area is 178 Å². The van der Waals surface area contributed by atoms with E-state index in [0.717, 1.165) is 39.2 Å². The summed E-state index contributed by atoms with van der Waals surface area (Å²) in [6.07, 6.45) is 5.50. The fraction of sp³-hybridized carbons (Fsp3) is 0.0870. The Bertz CT molecular complexity index is 1210. The molecule has 0 aliphatic rings. The molecular formula is C23H19N5OS. The Kier molecular flexibility index (Phi) is 5.18. The highest BCUT2D eigenvalue weighted by Gasteiger charge is 2.15. The maximum atomic E-state index is 5.45. The van der Waals surface area contributed by atoms with Gasteiger partial charge in [0, 0.05) is 23.1 Å². The molecule has 0 bridgehead atoms. The second-order valence-corrected chi connectivity index (χ2v) is 7.70. The summed E-state index contributed by atoms with van der Waals surface area (Å²) >= 11 is 1.64. The lowest BCUT2D eigenvalue weighted by atomic mass is 10.1. The largest absolute Gasteiger partial charge is 0.467 e. The standard InChI is InChI=1S/C23H19N5OS/c1-3-8-18(9-4-1)22-19(14-28(26-22)20-10-5-2-6-11-20)16-30-23-25-24-17-27(23)15-21-12-7-13-29-21/h1-14,17H,15-16H2. The van der Waals surface area contributed by atoms with E-state index in [-0.39, 0.29) is 0 Å². The summed E-state index contributed by atoms with van der Waals surface area (Å²) in [4.78, 5) is 0. The molecule has 6 nitrogen and oxygen atoms in total. The van der Waals surface area contributed by atoms with Gasteiger partial charge in [0.15, 0.2) is 5.16 Å². The molecule has 3 heterocycles. The van der Waals surface area contributed by atoms with E-state index in [4.69, 9.17) is 9.52 Å². The lowest BCUT2D eigenvalue weighted by Crippen LogP contribution is -1.99. The van der Waals surface area contributed by atoms with Gasteiger partial charge in [-0.15, -0.1) is 10.2 Å². The lowest BCUT2D eigenvalue weighted by Gasteiger charge is -2.05. The molecule has 0 saturated carbocycles.